The van der Waals surface area contributed by atoms with E-state index >= 15 is 0 Å². The van der Waals surface area contributed by atoms with Crippen molar-refractivity contribution in [3.63, 3.8) is 0 Å². The second kappa shape index (κ2) is 5.16. The van der Waals surface area contributed by atoms with Gasteiger partial charge in [-0.3, -0.25) is 0 Å². The molecule has 0 aromatic rings. The lowest BCUT2D eigenvalue weighted by Gasteiger charge is -2.03. The predicted molar refractivity (Wildman–Crippen MR) is 29.5 cm³/mol. The molecule has 1 unspecified atom stereocenters. The van der Waals surface area contributed by atoms with Crippen LogP contribution in [0.4, 0.5) is 0 Å². The second-order valence-corrected chi connectivity index (χ2v) is 1.53. The molecule has 0 spiro atoms. The van der Waals surface area contributed by atoms with Gasteiger partial charge in [0.25, 0.3) is 6.29 Å². The number of methoxy groups -OCH3 is 1. The zero-order chi connectivity index (χ0) is 7.98. The van der Waals surface area contributed by atoms with Crippen molar-refractivity contribution >= 4 is 5.97 Å². The molecule has 0 bridgehead atoms. The van der Waals surface area contributed by atoms with E-state index in [1.807, 2.05) is 0 Å². The van der Waals surface area contributed by atoms with E-state index in [1.165, 1.54) is 7.11 Å². The summed E-state index contributed by atoms with van der Waals surface area (Å²) < 4.78 is 8.83. The highest BCUT2D eigenvalue weighted by atomic mass is 16.6. The van der Waals surface area contributed by atoms with Crippen LogP contribution in [0.5, 0.6) is 0 Å². The Kier molecular flexibility index (Phi) is 4.82. The average Bonchev–Trinajstić information content (AvgIpc) is 1.88. The first-order valence-corrected chi connectivity index (χ1v) is 2.68. The fraction of sp³-hybridized carbons (Fsp3) is 0.800. The van der Waals surface area contributed by atoms with Crippen molar-refractivity contribution in [3.8, 4) is 0 Å². The van der Waals surface area contributed by atoms with Crippen LogP contribution in [0.15, 0.2) is 0 Å². The van der Waals surface area contributed by atoms with E-state index in [-0.39, 0.29) is 13.2 Å². The molecule has 0 heterocycles. The molecule has 10 heavy (non-hydrogen) atoms. The molecule has 59 valence electrons. The molecule has 0 amide bonds. The third-order valence-corrected chi connectivity index (χ3v) is 0.765. The maximum Gasteiger partial charge on any atom is 0.410 e. The van der Waals surface area contributed by atoms with E-state index in [1.54, 1.807) is 0 Å². The van der Waals surface area contributed by atoms with E-state index in [2.05, 4.69) is 9.47 Å². The lowest BCUT2D eigenvalue weighted by atomic mass is 10.6. The van der Waals surface area contributed by atoms with E-state index < -0.39 is 12.3 Å². The Morgan fingerprint density at radius 3 is 2.60 bits per heavy atom. The highest BCUT2D eigenvalue weighted by molar-refractivity contribution is 5.69. The molecule has 0 aliphatic rings. The Balaban J connectivity index is 3.21. The Hall–Kier alpha value is -0.650. The Bertz CT molecular complexity index is 102. The molecule has 5 heteroatoms. The summed E-state index contributed by atoms with van der Waals surface area (Å²) in [5, 5.41) is 18.2. The summed E-state index contributed by atoms with van der Waals surface area (Å²) in [4.78, 5) is 9.77. The first kappa shape index (κ1) is 9.35. The smallest absolute Gasteiger partial charge is 0.382 e. The van der Waals surface area contributed by atoms with Gasteiger partial charge in [-0.2, -0.15) is 0 Å². The first-order valence-electron chi connectivity index (χ1n) is 2.68. The van der Waals surface area contributed by atoms with Gasteiger partial charge < -0.3 is 14.6 Å². The molecule has 0 fully saturated rings. The number of hydrogen-bond acceptors (Lipinski definition) is 4. The van der Waals surface area contributed by atoms with E-state index in [4.69, 9.17) is 5.11 Å². The molecule has 0 aromatic heterocycles. The summed E-state index contributed by atoms with van der Waals surface area (Å²) in [7, 11) is 1.44. The minimum atomic E-state index is -1.85. The second-order valence-electron chi connectivity index (χ2n) is 1.53. The van der Waals surface area contributed by atoms with Gasteiger partial charge in [-0.1, -0.05) is 0 Å². The topological polar surface area (TPSA) is 75.7 Å². The van der Waals surface area contributed by atoms with Gasteiger partial charge in [-0.15, -0.1) is 0 Å². The van der Waals surface area contributed by atoms with Crippen LogP contribution in [0.2, 0.25) is 0 Å². The number of carbonyl (C=O) groups is 1. The van der Waals surface area contributed by atoms with Crippen LogP contribution in [-0.4, -0.2) is 37.7 Å². The number of aliphatic hydroxyl groups is 1. The van der Waals surface area contributed by atoms with Crippen molar-refractivity contribution in [2.45, 2.75) is 6.29 Å². The fourth-order valence-electron chi connectivity index (χ4n) is 0.311. The van der Waals surface area contributed by atoms with E-state index in [0.29, 0.717) is 0 Å². The standard InChI is InChI=1S/C5H9O5/c1-9-2-3-10-5(8)4(6)7/h5,8H,2-3H2,1H3. The highest BCUT2D eigenvalue weighted by Crippen LogP contribution is 1.86. The lowest BCUT2D eigenvalue weighted by molar-refractivity contribution is -0.184. The lowest BCUT2D eigenvalue weighted by Crippen LogP contribution is -2.23. The normalized spacial score (nSPS) is 13.0. The minimum absolute atomic E-state index is 0.0334. The maximum absolute atomic E-state index is 9.77. The summed E-state index contributed by atoms with van der Waals surface area (Å²) in [5.41, 5.74) is 0. The van der Waals surface area contributed by atoms with Crippen LogP contribution in [0, 0.1) is 0 Å². The monoisotopic (exact) mass is 149 g/mol. The van der Waals surface area contributed by atoms with Gasteiger partial charge in [0.15, 0.2) is 0 Å². The number of aliphatic hydroxyl groups excluding tert-OH is 1. The van der Waals surface area contributed by atoms with Gasteiger partial charge in [0, 0.05) is 7.11 Å². The molecular formula is C5H9O5. The first-order chi connectivity index (χ1) is 4.68. The molecule has 5 nitrogen and oxygen atoms in total. The fourth-order valence-corrected chi connectivity index (χ4v) is 0.311. The van der Waals surface area contributed by atoms with Gasteiger partial charge in [0.1, 0.15) is 0 Å². The summed E-state index contributed by atoms with van der Waals surface area (Å²) in [5.74, 6) is -1.64. The van der Waals surface area contributed by atoms with Crippen LogP contribution in [0.3, 0.4) is 0 Å². The van der Waals surface area contributed by atoms with Crippen molar-refractivity contribution in [1.82, 2.24) is 0 Å². The Labute approximate surface area is 58.2 Å². The van der Waals surface area contributed by atoms with Crippen molar-refractivity contribution in [3.05, 3.63) is 0 Å². The Morgan fingerprint density at radius 1 is 1.60 bits per heavy atom. The van der Waals surface area contributed by atoms with Gasteiger partial charge >= 0.3 is 5.97 Å². The molecule has 0 aromatic carbocycles. The molecule has 1 N–H and O–H groups in total. The predicted octanol–water partition coefficient (Wildman–Crippen LogP) is -1.08. The number of carbonyl (C=O) groups excluding carboxylic acids is 1. The van der Waals surface area contributed by atoms with Crippen molar-refractivity contribution < 1.29 is 24.5 Å². The summed E-state index contributed by atoms with van der Waals surface area (Å²) >= 11 is 0. The number of rotatable bonds is 5. The summed E-state index contributed by atoms with van der Waals surface area (Å²) in [6, 6.07) is 0. The molecule has 0 saturated carbocycles. The molecule has 0 rings (SSSR count). The van der Waals surface area contributed by atoms with Crippen LogP contribution >= 0.6 is 0 Å². The van der Waals surface area contributed by atoms with Crippen molar-refractivity contribution in [2.24, 2.45) is 0 Å². The van der Waals surface area contributed by atoms with Crippen molar-refractivity contribution in [2.75, 3.05) is 20.3 Å². The zero-order valence-electron chi connectivity index (χ0n) is 5.57. The SMILES string of the molecule is COCCOC(O)C([O])=O. The zero-order valence-corrected chi connectivity index (χ0v) is 5.57. The quantitative estimate of drug-likeness (QED) is 0.398. The summed E-state index contributed by atoms with van der Waals surface area (Å²) in [6.45, 7) is 0.274. The van der Waals surface area contributed by atoms with Gasteiger partial charge in [0.2, 0.25) is 0 Å². The highest BCUT2D eigenvalue weighted by Gasteiger charge is 2.14. The minimum Gasteiger partial charge on any atom is -0.382 e. The van der Waals surface area contributed by atoms with Crippen LogP contribution in [-0.2, 0) is 19.4 Å². The van der Waals surface area contributed by atoms with Gasteiger partial charge in [-0.05, 0) is 0 Å². The molecule has 1 radical (unpaired) electrons. The van der Waals surface area contributed by atoms with Crippen molar-refractivity contribution in [1.29, 1.82) is 0 Å². The van der Waals surface area contributed by atoms with Crippen LogP contribution in [0.25, 0.3) is 0 Å². The third-order valence-electron chi connectivity index (χ3n) is 0.765. The molecule has 0 aliphatic heterocycles. The largest absolute Gasteiger partial charge is 0.410 e. The average molecular weight is 149 g/mol. The van der Waals surface area contributed by atoms with Crippen LogP contribution in [0.1, 0.15) is 0 Å². The Morgan fingerprint density at radius 2 is 2.20 bits per heavy atom. The molecule has 1 atom stereocenters. The number of hydrogen-bond donors (Lipinski definition) is 1. The number of ether oxygens (including phenoxy) is 2. The van der Waals surface area contributed by atoms with E-state index in [0.717, 1.165) is 0 Å². The van der Waals surface area contributed by atoms with Crippen LogP contribution < -0.4 is 0 Å². The maximum atomic E-state index is 9.77. The molecule has 0 aliphatic carbocycles. The van der Waals surface area contributed by atoms with E-state index in [9.17, 15) is 9.90 Å². The molecular weight excluding hydrogens is 140 g/mol. The van der Waals surface area contributed by atoms with Gasteiger partial charge in [0.05, 0.1) is 13.2 Å². The summed E-state index contributed by atoms with van der Waals surface area (Å²) in [6.07, 6.45) is -1.85. The molecule has 0 saturated heterocycles. The van der Waals surface area contributed by atoms with Gasteiger partial charge in [-0.25, -0.2) is 9.90 Å². The third kappa shape index (κ3) is 4.25.